The lowest BCUT2D eigenvalue weighted by Gasteiger charge is -1.76. The SMILES string of the molecule is O=c1[nH]c(=O)sc(=S)[nH]1. The Morgan fingerprint density at radius 3 is 2.44 bits per heavy atom. The van der Waals surface area contributed by atoms with Gasteiger partial charge in [0.25, 0.3) is 0 Å². The summed E-state index contributed by atoms with van der Waals surface area (Å²) in [5.74, 6) is 0. The molecule has 0 unspecified atom stereocenters. The summed E-state index contributed by atoms with van der Waals surface area (Å²) < 4.78 is 0.198. The average Bonchev–Trinajstić information content (AvgIpc) is 1.59. The summed E-state index contributed by atoms with van der Waals surface area (Å²) in [4.78, 5) is 24.5. The van der Waals surface area contributed by atoms with Crippen LogP contribution >= 0.6 is 23.6 Å². The lowest BCUT2D eigenvalue weighted by molar-refractivity contribution is 1.08. The second-order valence-electron chi connectivity index (χ2n) is 1.26. The van der Waals surface area contributed by atoms with Crippen molar-refractivity contribution in [1.82, 2.24) is 9.97 Å². The highest BCUT2D eigenvalue weighted by Crippen LogP contribution is 1.78. The Labute approximate surface area is 58.2 Å². The van der Waals surface area contributed by atoms with Gasteiger partial charge < -0.3 is 0 Å². The summed E-state index contributed by atoms with van der Waals surface area (Å²) >= 11 is 5.32. The fraction of sp³-hybridized carbons (Fsp3) is 0. The molecule has 0 atom stereocenters. The smallest absolute Gasteiger partial charge is 0.290 e. The van der Waals surface area contributed by atoms with Crippen molar-refractivity contribution < 1.29 is 0 Å². The molecule has 0 saturated heterocycles. The molecule has 1 rings (SSSR count). The Morgan fingerprint density at radius 1 is 1.33 bits per heavy atom. The van der Waals surface area contributed by atoms with Gasteiger partial charge in [-0.1, -0.05) is 0 Å². The van der Waals surface area contributed by atoms with E-state index in [0.29, 0.717) is 0 Å². The fourth-order valence-electron chi connectivity index (χ4n) is 0.352. The molecule has 0 radical (unpaired) electrons. The van der Waals surface area contributed by atoms with Gasteiger partial charge in [0.15, 0.2) is 3.95 Å². The molecule has 0 bridgehead atoms. The van der Waals surface area contributed by atoms with Crippen molar-refractivity contribution in [3.8, 4) is 0 Å². The molecule has 1 aromatic heterocycles. The molecule has 6 heteroatoms. The van der Waals surface area contributed by atoms with E-state index in [2.05, 4.69) is 17.2 Å². The number of hydrogen-bond acceptors (Lipinski definition) is 4. The molecule has 1 heterocycles. The number of H-pyrrole nitrogens is 2. The molecule has 0 aliphatic rings. The van der Waals surface area contributed by atoms with Crippen molar-refractivity contribution in [3.05, 3.63) is 24.1 Å². The van der Waals surface area contributed by atoms with Crippen LogP contribution in [0.3, 0.4) is 0 Å². The zero-order chi connectivity index (χ0) is 6.85. The molecule has 0 aromatic carbocycles. The van der Waals surface area contributed by atoms with Crippen molar-refractivity contribution in [3.63, 3.8) is 0 Å². The van der Waals surface area contributed by atoms with Crippen LogP contribution in [-0.2, 0) is 0 Å². The summed E-state index contributed by atoms with van der Waals surface area (Å²) in [5, 5.41) is 0. The second-order valence-corrected chi connectivity index (χ2v) is 2.91. The lowest BCUT2D eigenvalue weighted by Crippen LogP contribution is -2.18. The largest absolute Gasteiger partial charge is 0.328 e. The van der Waals surface area contributed by atoms with Gasteiger partial charge in [0.05, 0.1) is 0 Å². The predicted octanol–water partition coefficient (Wildman–Crippen LogP) is -0.146. The van der Waals surface area contributed by atoms with Crippen molar-refractivity contribution in [2.75, 3.05) is 0 Å². The number of nitrogens with one attached hydrogen (secondary N) is 2. The molecule has 0 saturated carbocycles. The van der Waals surface area contributed by atoms with Crippen LogP contribution in [0.15, 0.2) is 9.59 Å². The third-order valence-electron chi connectivity index (χ3n) is 0.617. The van der Waals surface area contributed by atoms with Gasteiger partial charge in [0.2, 0.25) is 0 Å². The predicted molar refractivity (Wildman–Crippen MR) is 36.4 cm³/mol. The topological polar surface area (TPSA) is 65.7 Å². The monoisotopic (exact) mass is 162 g/mol. The Kier molecular flexibility index (Phi) is 1.58. The molecule has 0 aliphatic carbocycles. The molecular formula is C3H2N2O2S2. The minimum atomic E-state index is -0.552. The van der Waals surface area contributed by atoms with E-state index in [1.807, 2.05) is 4.98 Å². The molecular weight excluding hydrogens is 160 g/mol. The quantitative estimate of drug-likeness (QED) is 0.521. The maximum absolute atomic E-state index is 10.4. The first-order valence-corrected chi connectivity index (χ1v) is 3.25. The zero-order valence-electron chi connectivity index (χ0n) is 4.13. The minimum Gasteiger partial charge on any atom is -0.290 e. The summed E-state index contributed by atoms with van der Waals surface area (Å²) in [6.45, 7) is 0. The molecule has 1 aromatic rings. The van der Waals surface area contributed by atoms with Crippen molar-refractivity contribution in [1.29, 1.82) is 0 Å². The van der Waals surface area contributed by atoms with Crippen LogP contribution in [0.4, 0.5) is 0 Å². The van der Waals surface area contributed by atoms with E-state index < -0.39 is 10.6 Å². The van der Waals surface area contributed by atoms with Gasteiger partial charge in [-0.3, -0.25) is 14.8 Å². The maximum Gasteiger partial charge on any atom is 0.328 e. The van der Waals surface area contributed by atoms with Crippen LogP contribution in [-0.4, -0.2) is 9.97 Å². The van der Waals surface area contributed by atoms with Crippen molar-refractivity contribution >= 4 is 23.6 Å². The summed E-state index contributed by atoms with van der Waals surface area (Å²) in [6.07, 6.45) is 0. The van der Waals surface area contributed by atoms with E-state index >= 15 is 0 Å². The van der Waals surface area contributed by atoms with E-state index in [1.165, 1.54) is 0 Å². The van der Waals surface area contributed by atoms with Gasteiger partial charge in [-0.05, 0) is 23.6 Å². The van der Waals surface area contributed by atoms with Crippen molar-refractivity contribution in [2.45, 2.75) is 0 Å². The van der Waals surface area contributed by atoms with Crippen LogP contribution in [0.25, 0.3) is 0 Å². The minimum absolute atomic E-state index is 0.198. The Bertz CT molecular complexity index is 280. The molecule has 0 spiro atoms. The molecule has 0 amide bonds. The highest BCUT2D eigenvalue weighted by Gasteiger charge is 1.84. The second kappa shape index (κ2) is 2.24. The van der Waals surface area contributed by atoms with E-state index in [9.17, 15) is 9.59 Å². The maximum atomic E-state index is 10.4. The van der Waals surface area contributed by atoms with Gasteiger partial charge in [0.1, 0.15) is 0 Å². The van der Waals surface area contributed by atoms with Crippen LogP contribution in [0, 0.1) is 3.95 Å². The summed E-state index contributed by atoms with van der Waals surface area (Å²) in [7, 11) is 0. The van der Waals surface area contributed by atoms with Crippen LogP contribution in [0.2, 0.25) is 0 Å². The first-order valence-electron chi connectivity index (χ1n) is 2.02. The van der Waals surface area contributed by atoms with Gasteiger partial charge in [-0.2, -0.15) is 0 Å². The molecule has 0 fully saturated rings. The fourth-order valence-corrected chi connectivity index (χ4v) is 1.13. The molecule has 48 valence electrons. The zero-order valence-corrected chi connectivity index (χ0v) is 5.77. The van der Waals surface area contributed by atoms with Gasteiger partial charge >= 0.3 is 10.6 Å². The van der Waals surface area contributed by atoms with E-state index in [4.69, 9.17) is 0 Å². The number of aromatic nitrogens is 2. The standard InChI is InChI=1S/C3H2N2O2S2/c6-1-4-2(7)9-3(8)5-1/h(H2,4,5,6,7,8). The average molecular weight is 162 g/mol. The lowest BCUT2D eigenvalue weighted by atomic mass is 11.2. The Hall–Kier alpha value is -0.750. The van der Waals surface area contributed by atoms with Gasteiger partial charge in [-0.25, -0.2) is 4.79 Å². The first kappa shape index (κ1) is 6.37. The summed E-state index contributed by atoms with van der Waals surface area (Å²) in [5.41, 5.74) is -0.552. The normalized spacial score (nSPS) is 9.33. The highest BCUT2D eigenvalue weighted by atomic mass is 32.1. The first-order chi connectivity index (χ1) is 4.18. The van der Waals surface area contributed by atoms with Gasteiger partial charge in [-0.15, -0.1) is 0 Å². The van der Waals surface area contributed by atoms with Crippen molar-refractivity contribution in [2.24, 2.45) is 0 Å². The number of hydrogen-bond donors (Lipinski definition) is 2. The van der Waals surface area contributed by atoms with E-state index in [0.717, 1.165) is 11.3 Å². The van der Waals surface area contributed by atoms with Gasteiger partial charge in [0, 0.05) is 0 Å². The van der Waals surface area contributed by atoms with E-state index in [-0.39, 0.29) is 3.95 Å². The Morgan fingerprint density at radius 2 is 2.00 bits per heavy atom. The van der Waals surface area contributed by atoms with Crippen LogP contribution < -0.4 is 10.6 Å². The van der Waals surface area contributed by atoms with Crippen LogP contribution in [0.1, 0.15) is 0 Å². The van der Waals surface area contributed by atoms with E-state index in [1.54, 1.807) is 0 Å². The molecule has 2 N–H and O–H groups in total. The van der Waals surface area contributed by atoms with Crippen LogP contribution in [0.5, 0.6) is 0 Å². The number of rotatable bonds is 0. The third kappa shape index (κ3) is 1.58. The molecule has 9 heavy (non-hydrogen) atoms. The number of aromatic amines is 2. The Balaban J connectivity index is 3.72. The molecule has 0 aliphatic heterocycles. The summed E-state index contributed by atoms with van der Waals surface area (Å²) in [6, 6.07) is 0. The third-order valence-corrected chi connectivity index (χ3v) is 1.54. The molecule has 4 nitrogen and oxygen atoms in total. The highest BCUT2D eigenvalue weighted by molar-refractivity contribution is 7.73.